The maximum Gasteiger partial charge on any atom is 0.281 e. The van der Waals surface area contributed by atoms with Crippen LogP contribution in [0.25, 0.3) is 6.08 Å². The molecule has 0 atom stereocenters. The highest BCUT2D eigenvalue weighted by molar-refractivity contribution is 8.26. The van der Waals surface area contributed by atoms with Crippen molar-refractivity contribution in [3.8, 4) is 0 Å². The second-order valence-corrected chi connectivity index (χ2v) is 9.06. The van der Waals surface area contributed by atoms with E-state index in [-0.39, 0.29) is 9.22 Å². The van der Waals surface area contributed by atoms with Crippen LogP contribution in [-0.2, 0) is 14.8 Å². The first-order valence-electron chi connectivity index (χ1n) is 7.95. The van der Waals surface area contributed by atoms with E-state index in [1.807, 2.05) is 43.3 Å². The highest BCUT2D eigenvalue weighted by atomic mass is 32.2. The third kappa shape index (κ3) is 4.72. The lowest BCUT2D eigenvalue weighted by Crippen LogP contribution is -2.44. The van der Waals surface area contributed by atoms with E-state index in [2.05, 4.69) is 4.83 Å². The minimum atomic E-state index is -3.90. The molecule has 0 bridgehead atoms. The number of allylic oxidation sites excluding steroid dienone is 2. The van der Waals surface area contributed by atoms with Crippen LogP contribution in [0.3, 0.4) is 0 Å². The molecule has 8 heteroatoms. The van der Waals surface area contributed by atoms with Gasteiger partial charge in [0.2, 0.25) is 0 Å². The topological polar surface area (TPSA) is 66.5 Å². The van der Waals surface area contributed by atoms with Crippen molar-refractivity contribution in [1.29, 1.82) is 0 Å². The number of thioether (sulfide) groups is 1. The Labute approximate surface area is 167 Å². The highest BCUT2D eigenvalue weighted by Gasteiger charge is 2.35. The van der Waals surface area contributed by atoms with E-state index in [9.17, 15) is 13.2 Å². The first kappa shape index (κ1) is 19.5. The van der Waals surface area contributed by atoms with Gasteiger partial charge in [0.1, 0.15) is 0 Å². The van der Waals surface area contributed by atoms with Gasteiger partial charge in [-0.2, -0.15) is 0 Å². The van der Waals surface area contributed by atoms with Crippen LogP contribution in [0, 0.1) is 0 Å². The molecule has 5 nitrogen and oxygen atoms in total. The third-order valence-corrected chi connectivity index (χ3v) is 6.23. The minimum absolute atomic E-state index is 0.0585. The van der Waals surface area contributed by atoms with E-state index in [0.717, 1.165) is 27.9 Å². The standard InChI is InChI=1S/C19H16N2O3S3/c1-14(12-15-8-4-2-5-9-15)13-17-18(22)21(19(25)26-17)20-27(23,24)16-10-6-3-7-11-16/h2-13,20H,1H3/b14-12+,17-13+. The van der Waals surface area contributed by atoms with Crippen LogP contribution in [0.15, 0.2) is 82.1 Å². The summed E-state index contributed by atoms with van der Waals surface area (Å²) >= 11 is 6.23. The molecular weight excluding hydrogens is 400 g/mol. The summed E-state index contributed by atoms with van der Waals surface area (Å²) in [5.41, 5.74) is 1.86. The van der Waals surface area contributed by atoms with Crippen molar-refractivity contribution >= 4 is 50.3 Å². The summed E-state index contributed by atoms with van der Waals surface area (Å²) < 4.78 is 25.0. The first-order chi connectivity index (χ1) is 12.9. The normalized spacial score (nSPS) is 17.0. The van der Waals surface area contributed by atoms with E-state index in [1.165, 1.54) is 12.1 Å². The fraction of sp³-hybridized carbons (Fsp3) is 0.0526. The lowest BCUT2D eigenvalue weighted by atomic mass is 10.1. The number of amides is 1. The van der Waals surface area contributed by atoms with E-state index < -0.39 is 15.9 Å². The molecule has 138 valence electrons. The Balaban J connectivity index is 1.80. The van der Waals surface area contributed by atoms with Crippen molar-refractivity contribution in [3.63, 3.8) is 0 Å². The molecule has 3 rings (SSSR count). The number of nitrogens with one attached hydrogen (secondary N) is 1. The summed E-state index contributed by atoms with van der Waals surface area (Å²) in [5.74, 6) is -0.495. The average molecular weight is 417 g/mol. The molecule has 0 aliphatic carbocycles. The molecule has 1 aliphatic rings. The number of carbonyl (C=O) groups excluding carboxylic acids is 1. The van der Waals surface area contributed by atoms with Crippen molar-refractivity contribution in [3.05, 3.63) is 82.8 Å². The van der Waals surface area contributed by atoms with Gasteiger partial charge in [-0.05, 0) is 36.3 Å². The molecule has 1 aliphatic heterocycles. The number of rotatable bonds is 5. The summed E-state index contributed by atoms with van der Waals surface area (Å²) in [6.07, 6.45) is 3.63. The van der Waals surface area contributed by atoms with Gasteiger partial charge in [-0.3, -0.25) is 4.79 Å². The molecule has 1 fully saturated rings. The zero-order valence-corrected chi connectivity index (χ0v) is 16.8. The zero-order chi connectivity index (χ0) is 19.4. The third-order valence-electron chi connectivity index (χ3n) is 3.61. The van der Waals surface area contributed by atoms with Gasteiger partial charge in [0.05, 0.1) is 9.80 Å². The number of hydrazine groups is 1. The molecule has 2 aromatic carbocycles. The monoisotopic (exact) mass is 416 g/mol. The molecule has 0 saturated carbocycles. The number of nitrogens with zero attached hydrogens (tertiary/aromatic N) is 1. The summed E-state index contributed by atoms with van der Waals surface area (Å²) in [4.78, 5) is 15.3. The second kappa shape index (κ2) is 8.18. The summed E-state index contributed by atoms with van der Waals surface area (Å²) in [6.45, 7) is 1.87. The number of thiocarbonyl (C=S) groups is 1. The van der Waals surface area contributed by atoms with E-state index >= 15 is 0 Å². The summed E-state index contributed by atoms with van der Waals surface area (Å²) in [7, 11) is -3.90. The van der Waals surface area contributed by atoms with Gasteiger partial charge in [-0.25, -0.2) is 13.4 Å². The quantitative estimate of drug-likeness (QED) is 0.594. The van der Waals surface area contributed by atoms with E-state index in [4.69, 9.17) is 12.2 Å². The van der Waals surface area contributed by atoms with Crippen LogP contribution in [0.4, 0.5) is 0 Å². The van der Waals surface area contributed by atoms with E-state index in [0.29, 0.717) is 4.91 Å². The van der Waals surface area contributed by atoms with Crippen LogP contribution in [-0.4, -0.2) is 23.7 Å². The maximum atomic E-state index is 12.6. The Hall–Kier alpha value is -2.26. The highest BCUT2D eigenvalue weighted by Crippen LogP contribution is 2.31. The van der Waals surface area contributed by atoms with Crippen LogP contribution < -0.4 is 4.83 Å². The Morgan fingerprint density at radius 3 is 2.30 bits per heavy atom. The molecule has 0 unspecified atom stereocenters. The van der Waals surface area contributed by atoms with Gasteiger partial charge in [-0.15, -0.1) is 4.83 Å². The Bertz CT molecular complexity index is 1030. The van der Waals surface area contributed by atoms with Gasteiger partial charge in [-0.1, -0.05) is 78.6 Å². The molecule has 1 amide bonds. The fourth-order valence-corrected chi connectivity index (χ4v) is 4.76. The van der Waals surface area contributed by atoms with Gasteiger partial charge in [0.25, 0.3) is 15.9 Å². The van der Waals surface area contributed by atoms with Crippen molar-refractivity contribution < 1.29 is 13.2 Å². The number of carbonyl (C=O) groups is 1. The molecule has 1 heterocycles. The van der Waals surface area contributed by atoms with Crippen molar-refractivity contribution in [2.45, 2.75) is 11.8 Å². The van der Waals surface area contributed by atoms with Crippen molar-refractivity contribution in [2.24, 2.45) is 0 Å². The van der Waals surface area contributed by atoms with Gasteiger partial charge in [0, 0.05) is 0 Å². The molecular formula is C19H16N2O3S3. The zero-order valence-electron chi connectivity index (χ0n) is 14.3. The average Bonchev–Trinajstić information content (AvgIpc) is 2.90. The molecule has 2 aromatic rings. The fourth-order valence-electron chi connectivity index (χ4n) is 2.38. The minimum Gasteiger partial charge on any atom is -0.267 e. The van der Waals surface area contributed by atoms with Gasteiger partial charge < -0.3 is 0 Å². The largest absolute Gasteiger partial charge is 0.281 e. The summed E-state index contributed by atoms with van der Waals surface area (Å²) in [6, 6.07) is 17.5. The Morgan fingerprint density at radius 1 is 1.07 bits per heavy atom. The smallest absolute Gasteiger partial charge is 0.267 e. The first-order valence-corrected chi connectivity index (χ1v) is 10.7. The van der Waals surface area contributed by atoms with Crippen molar-refractivity contribution in [2.75, 3.05) is 0 Å². The van der Waals surface area contributed by atoms with Crippen LogP contribution in [0.1, 0.15) is 12.5 Å². The molecule has 0 aromatic heterocycles. The Kier molecular flexibility index (Phi) is 5.91. The lowest BCUT2D eigenvalue weighted by molar-refractivity contribution is -0.123. The molecule has 27 heavy (non-hydrogen) atoms. The van der Waals surface area contributed by atoms with Crippen LogP contribution in [0.2, 0.25) is 0 Å². The number of hydrogen-bond acceptors (Lipinski definition) is 5. The molecule has 0 spiro atoms. The van der Waals surface area contributed by atoms with Crippen LogP contribution >= 0.6 is 24.0 Å². The second-order valence-electron chi connectivity index (χ2n) is 5.72. The van der Waals surface area contributed by atoms with Crippen molar-refractivity contribution in [1.82, 2.24) is 9.84 Å². The molecule has 0 radical (unpaired) electrons. The maximum absolute atomic E-state index is 12.6. The number of benzene rings is 2. The van der Waals surface area contributed by atoms with Gasteiger partial charge >= 0.3 is 0 Å². The molecule has 1 saturated heterocycles. The molecule has 1 N–H and O–H groups in total. The predicted octanol–water partition coefficient (Wildman–Crippen LogP) is 3.73. The predicted molar refractivity (Wildman–Crippen MR) is 112 cm³/mol. The van der Waals surface area contributed by atoms with Gasteiger partial charge in [0.15, 0.2) is 4.32 Å². The van der Waals surface area contributed by atoms with Crippen LogP contribution in [0.5, 0.6) is 0 Å². The Morgan fingerprint density at radius 2 is 1.67 bits per heavy atom. The lowest BCUT2D eigenvalue weighted by Gasteiger charge is -2.15. The summed E-state index contributed by atoms with van der Waals surface area (Å²) in [5, 5.41) is 0.893. The van der Waals surface area contributed by atoms with E-state index in [1.54, 1.807) is 24.3 Å². The SMILES string of the molecule is CC(=C\c1ccccc1)/C=C1/SC(=S)N(NS(=O)(=O)c2ccccc2)C1=O. The number of sulfonamides is 1. The number of hydrogen-bond donors (Lipinski definition) is 1.